The highest BCUT2D eigenvalue weighted by Gasteiger charge is 2.10. The fourth-order valence-electron chi connectivity index (χ4n) is 5.95. The second-order valence-corrected chi connectivity index (χ2v) is 14.1. The highest BCUT2D eigenvalue weighted by Crippen LogP contribution is 2.30. The number of fused-ring (bicyclic) bond motifs is 2. The zero-order valence-corrected chi connectivity index (χ0v) is 30.3. The molecule has 0 unspecified atom stereocenters. The van der Waals surface area contributed by atoms with Crippen LogP contribution in [0.25, 0.3) is 44.3 Å². The van der Waals surface area contributed by atoms with Crippen molar-refractivity contribution in [3.05, 3.63) is 130 Å². The molecule has 0 aliphatic rings. The number of hydrogen-bond donors (Lipinski definition) is 2. The van der Waals surface area contributed by atoms with E-state index in [2.05, 4.69) is 108 Å². The van der Waals surface area contributed by atoms with Crippen LogP contribution < -0.4 is 0 Å². The number of nitrogens with zero attached hydrogens (tertiary/aromatic N) is 2. The maximum atomic E-state index is 8.28. The summed E-state index contributed by atoms with van der Waals surface area (Å²) in [4.78, 5) is 9.60. The van der Waals surface area contributed by atoms with Crippen LogP contribution in [0.2, 0.25) is 11.3 Å². The molecule has 0 spiro atoms. The third kappa shape index (κ3) is 10.5. The fraction of sp³-hybridized carbons (Fsp3) is 0.286. The number of rotatable bonds is 6. The van der Waals surface area contributed by atoms with Gasteiger partial charge >= 0.3 is 7.12 Å². The van der Waals surface area contributed by atoms with E-state index in [-0.39, 0.29) is 0 Å². The molecule has 2 aromatic heterocycles. The molecule has 0 fully saturated rings. The number of hydrogen-bond acceptors (Lipinski definition) is 4. The average molecular weight is 659 g/mol. The maximum absolute atomic E-state index is 8.28. The van der Waals surface area contributed by atoms with Crippen LogP contribution in [-0.2, 0) is 6.42 Å². The lowest BCUT2D eigenvalue weighted by atomic mass is 9.80. The quantitative estimate of drug-likeness (QED) is 0.175. The van der Waals surface area contributed by atoms with Crippen molar-refractivity contribution >= 4 is 40.5 Å². The Morgan fingerprint density at radius 1 is 0.583 bits per heavy atom. The van der Waals surface area contributed by atoms with Crippen LogP contribution in [0.5, 0.6) is 0 Å². The van der Waals surface area contributed by atoms with Gasteiger partial charge in [0.15, 0.2) is 0 Å². The molecule has 248 valence electrons. The van der Waals surface area contributed by atoms with Crippen molar-refractivity contribution in [1.29, 1.82) is 0 Å². The van der Waals surface area contributed by atoms with Crippen molar-refractivity contribution < 1.29 is 10.0 Å². The van der Waals surface area contributed by atoms with Crippen LogP contribution in [0.15, 0.2) is 97.1 Å². The topological polar surface area (TPSA) is 66.2 Å². The monoisotopic (exact) mass is 658 g/mol. The fourth-order valence-corrected chi connectivity index (χ4v) is 6.21. The van der Waals surface area contributed by atoms with Gasteiger partial charge in [0, 0.05) is 21.9 Å². The summed E-state index contributed by atoms with van der Waals surface area (Å²) < 4.78 is 0. The molecule has 2 N–H and O–H groups in total. The van der Waals surface area contributed by atoms with Crippen LogP contribution in [0, 0.1) is 39.5 Å². The molecule has 0 radical (unpaired) electrons. The first-order valence-corrected chi connectivity index (χ1v) is 17.1. The minimum Gasteiger partial charge on any atom is -0.427 e. The molecule has 0 saturated carbocycles. The van der Waals surface area contributed by atoms with Gasteiger partial charge in [-0.3, -0.25) is 0 Å². The van der Waals surface area contributed by atoms with E-state index in [4.69, 9.17) is 31.6 Å². The third-order valence-corrected chi connectivity index (χ3v) is 8.13. The summed E-state index contributed by atoms with van der Waals surface area (Å²) >= 11 is 6.35. The molecule has 0 aliphatic carbocycles. The standard InChI is InChI=1S/C21H23N.C17H14ClN.C4H11BO2/c1-14(2)9-17-13-21(18-11-15(3)10-16(4)12-18)22-20-8-6-5-7-19(17)20;1-11-7-12(2)9-13(8-11)17-10-15(18)14-5-3-4-6-16(14)19-17;1-4(2)3-5(6)7/h5-8,10-14H,9H2,1-4H3;3-10H,1-2H3;4,6-7H,3H2,1-2H3. The van der Waals surface area contributed by atoms with Gasteiger partial charge in [0.25, 0.3) is 0 Å². The van der Waals surface area contributed by atoms with E-state index in [0.29, 0.717) is 18.2 Å². The summed E-state index contributed by atoms with van der Waals surface area (Å²) in [6, 6.07) is 33.7. The van der Waals surface area contributed by atoms with Crippen molar-refractivity contribution in [2.45, 2.75) is 68.1 Å². The van der Waals surface area contributed by atoms with Crippen LogP contribution >= 0.6 is 11.6 Å². The Morgan fingerprint density at radius 3 is 1.46 bits per heavy atom. The molecule has 48 heavy (non-hydrogen) atoms. The maximum Gasteiger partial charge on any atom is 0.451 e. The van der Waals surface area contributed by atoms with Gasteiger partial charge < -0.3 is 10.0 Å². The number of halogens is 1. The molecule has 0 atom stereocenters. The summed E-state index contributed by atoms with van der Waals surface area (Å²) in [5.41, 5.74) is 12.8. The molecular formula is C42H48BClN2O2. The van der Waals surface area contributed by atoms with E-state index in [9.17, 15) is 0 Å². The first-order chi connectivity index (χ1) is 22.8. The highest BCUT2D eigenvalue weighted by atomic mass is 35.5. The molecule has 6 heteroatoms. The summed E-state index contributed by atoms with van der Waals surface area (Å²) in [5, 5.41) is 19.6. The van der Waals surface area contributed by atoms with E-state index >= 15 is 0 Å². The van der Waals surface area contributed by atoms with E-state index in [1.165, 1.54) is 38.8 Å². The molecule has 0 bridgehead atoms. The van der Waals surface area contributed by atoms with Gasteiger partial charge in [-0.1, -0.05) is 110 Å². The Bertz CT molecular complexity index is 1940. The predicted molar refractivity (Wildman–Crippen MR) is 207 cm³/mol. The Balaban J connectivity index is 0.000000183. The molecular weight excluding hydrogens is 611 g/mol. The van der Waals surface area contributed by atoms with E-state index in [0.717, 1.165) is 44.8 Å². The molecule has 6 rings (SSSR count). The highest BCUT2D eigenvalue weighted by molar-refractivity contribution is 6.41. The molecule has 4 nitrogen and oxygen atoms in total. The van der Waals surface area contributed by atoms with Crippen molar-refractivity contribution in [1.82, 2.24) is 9.97 Å². The summed E-state index contributed by atoms with van der Waals surface area (Å²) in [6.45, 7) is 16.9. The Hall–Kier alpha value is -4.03. The molecule has 6 aromatic rings. The van der Waals surface area contributed by atoms with Gasteiger partial charge in [0.1, 0.15) is 0 Å². The Kier molecular flexibility index (Phi) is 12.9. The van der Waals surface area contributed by atoms with Gasteiger partial charge in [-0.25, -0.2) is 9.97 Å². The summed E-state index contributed by atoms with van der Waals surface area (Å²) in [5.74, 6) is 1.01. The van der Waals surface area contributed by atoms with E-state index < -0.39 is 7.12 Å². The molecule has 0 amide bonds. The smallest absolute Gasteiger partial charge is 0.427 e. The lowest BCUT2D eigenvalue weighted by Crippen LogP contribution is -2.12. The van der Waals surface area contributed by atoms with Crippen molar-refractivity contribution in [3.63, 3.8) is 0 Å². The number of aryl methyl sites for hydroxylation is 4. The average Bonchev–Trinajstić information content (AvgIpc) is 3.00. The molecule has 2 heterocycles. The molecule has 0 saturated heterocycles. The second-order valence-electron chi connectivity index (χ2n) is 13.7. The van der Waals surface area contributed by atoms with Gasteiger partial charge in [-0.15, -0.1) is 0 Å². The van der Waals surface area contributed by atoms with E-state index in [1.54, 1.807) is 0 Å². The SMILES string of the molecule is CC(C)CB(O)O.Cc1cc(C)cc(-c2cc(CC(C)C)c3ccccc3n2)c1.Cc1cc(C)cc(-c2cc(Cl)c3ccccc3n2)c1. The minimum absolute atomic E-state index is 0.375. The number of benzene rings is 4. The third-order valence-electron chi connectivity index (χ3n) is 7.81. The largest absolute Gasteiger partial charge is 0.451 e. The number of aromatic nitrogens is 2. The van der Waals surface area contributed by atoms with Crippen LogP contribution in [0.1, 0.15) is 55.5 Å². The lowest BCUT2D eigenvalue weighted by molar-refractivity contribution is 0.394. The summed E-state index contributed by atoms with van der Waals surface area (Å²) in [7, 11) is -1.13. The van der Waals surface area contributed by atoms with Crippen molar-refractivity contribution in [2.24, 2.45) is 11.8 Å². The van der Waals surface area contributed by atoms with E-state index in [1.807, 2.05) is 44.2 Å². The van der Waals surface area contributed by atoms with Gasteiger partial charge in [0.05, 0.1) is 27.4 Å². The van der Waals surface area contributed by atoms with Crippen LogP contribution in [-0.4, -0.2) is 27.1 Å². The summed E-state index contributed by atoms with van der Waals surface area (Å²) in [6.07, 6.45) is 1.56. The van der Waals surface area contributed by atoms with Crippen molar-refractivity contribution in [3.8, 4) is 22.5 Å². The van der Waals surface area contributed by atoms with Gasteiger partial charge in [0.2, 0.25) is 0 Å². The first kappa shape index (κ1) is 36.8. The molecule has 0 aliphatic heterocycles. The predicted octanol–water partition coefficient (Wildman–Crippen LogP) is 11.0. The van der Waals surface area contributed by atoms with Crippen LogP contribution in [0.3, 0.4) is 0 Å². The number of pyridine rings is 2. The first-order valence-electron chi connectivity index (χ1n) is 16.8. The zero-order chi connectivity index (χ0) is 35.0. The minimum atomic E-state index is -1.13. The zero-order valence-electron chi connectivity index (χ0n) is 29.6. The Labute approximate surface area is 292 Å². The number of para-hydroxylation sites is 2. The lowest BCUT2D eigenvalue weighted by Gasteiger charge is -2.12. The van der Waals surface area contributed by atoms with Crippen LogP contribution in [0.4, 0.5) is 0 Å². The normalized spacial score (nSPS) is 10.9. The Morgan fingerprint density at radius 2 is 1.02 bits per heavy atom. The van der Waals surface area contributed by atoms with Crippen molar-refractivity contribution in [2.75, 3.05) is 0 Å². The molecule has 4 aromatic carbocycles. The van der Waals surface area contributed by atoms with Gasteiger partial charge in [-0.2, -0.15) is 0 Å². The van der Waals surface area contributed by atoms with Gasteiger partial charge in [-0.05, 0) is 106 Å². The second kappa shape index (κ2) is 16.9.